The van der Waals surface area contributed by atoms with Gasteiger partial charge in [-0.05, 0) is 20.8 Å². The van der Waals surface area contributed by atoms with Crippen molar-refractivity contribution in [2.24, 2.45) is 5.41 Å². The molecule has 1 atom stereocenters. The van der Waals surface area contributed by atoms with Crippen molar-refractivity contribution >= 4 is 11.9 Å². The Balaban J connectivity index is 3.17. The molecule has 1 heterocycles. The first kappa shape index (κ1) is 13.0. The van der Waals surface area contributed by atoms with Gasteiger partial charge in [-0.15, -0.1) is 0 Å². The molecule has 1 aliphatic rings. The van der Waals surface area contributed by atoms with Gasteiger partial charge in [0.05, 0.1) is 13.2 Å². The van der Waals surface area contributed by atoms with E-state index in [1.807, 2.05) is 6.07 Å². The molecule has 0 saturated carbocycles. The molecule has 1 aliphatic heterocycles. The Hall–Kier alpha value is -2.03. The van der Waals surface area contributed by atoms with Crippen LogP contribution in [-0.2, 0) is 19.1 Å². The quantitative estimate of drug-likeness (QED) is 0.567. The summed E-state index contributed by atoms with van der Waals surface area (Å²) >= 11 is 0. The SMILES string of the molecule is CCOC(=O)C1(C)C(=O)NC(OCC)=C1C#N. The smallest absolute Gasteiger partial charge is 0.326 e. The minimum atomic E-state index is -1.62. The lowest BCUT2D eigenvalue weighted by Gasteiger charge is -2.18. The Morgan fingerprint density at radius 1 is 1.47 bits per heavy atom. The van der Waals surface area contributed by atoms with E-state index in [2.05, 4.69) is 5.32 Å². The number of nitrogens with one attached hydrogen (secondary N) is 1. The summed E-state index contributed by atoms with van der Waals surface area (Å²) in [5.74, 6) is -1.31. The van der Waals surface area contributed by atoms with Crippen molar-refractivity contribution < 1.29 is 19.1 Å². The summed E-state index contributed by atoms with van der Waals surface area (Å²) in [7, 11) is 0. The van der Waals surface area contributed by atoms with Crippen LogP contribution >= 0.6 is 0 Å². The standard InChI is InChI=1S/C11H14N2O4/c1-4-16-8-7(6-12)11(3,9(14)13-8)10(15)17-5-2/h4-5H2,1-3H3,(H,13,14). The average Bonchev–Trinajstić information content (AvgIpc) is 2.53. The van der Waals surface area contributed by atoms with Crippen LogP contribution < -0.4 is 5.32 Å². The molecule has 0 saturated heterocycles. The lowest BCUT2D eigenvalue weighted by molar-refractivity contribution is -0.155. The van der Waals surface area contributed by atoms with Crippen LogP contribution in [-0.4, -0.2) is 25.1 Å². The highest BCUT2D eigenvalue weighted by Crippen LogP contribution is 2.35. The van der Waals surface area contributed by atoms with Gasteiger partial charge in [-0.25, -0.2) is 0 Å². The molecule has 17 heavy (non-hydrogen) atoms. The largest absolute Gasteiger partial charge is 0.478 e. The minimum absolute atomic E-state index is 0.0375. The number of nitrogens with zero attached hydrogens (tertiary/aromatic N) is 1. The fraction of sp³-hybridized carbons (Fsp3) is 0.545. The molecule has 1 N–H and O–H groups in total. The van der Waals surface area contributed by atoms with Gasteiger partial charge in [-0.1, -0.05) is 0 Å². The third-order valence-corrected chi connectivity index (χ3v) is 2.49. The van der Waals surface area contributed by atoms with Gasteiger partial charge in [-0.2, -0.15) is 5.26 Å². The van der Waals surface area contributed by atoms with Crippen molar-refractivity contribution in [2.45, 2.75) is 20.8 Å². The maximum Gasteiger partial charge on any atom is 0.326 e. The number of hydrogen-bond donors (Lipinski definition) is 1. The zero-order chi connectivity index (χ0) is 13.1. The van der Waals surface area contributed by atoms with Gasteiger partial charge in [0.2, 0.25) is 11.8 Å². The molecule has 0 aromatic rings. The van der Waals surface area contributed by atoms with Crippen molar-refractivity contribution in [1.82, 2.24) is 5.32 Å². The molecule has 1 rings (SSSR count). The number of hydrogen-bond acceptors (Lipinski definition) is 5. The molecule has 6 heteroatoms. The topological polar surface area (TPSA) is 88.4 Å². The van der Waals surface area contributed by atoms with Gasteiger partial charge >= 0.3 is 5.97 Å². The molecule has 0 radical (unpaired) electrons. The zero-order valence-corrected chi connectivity index (χ0v) is 9.99. The van der Waals surface area contributed by atoms with Crippen molar-refractivity contribution in [1.29, 1.82) is 5.26 Å². The summed E-state index contributed by atoms with van der Waals surface area (Å²) in [6.45, 7) is 5.14. The number of carbonyl (C=O) groups is 2. The Labute approximate surface area is 99.2 Å². The number of rotatable bonds is 4. The number of nitriles is 1. The summed E-state index contributed by atoms with van der Waals surface area (Å²) in [6.07, 6.45) is 0. The second-order valence-corrected chi connectivity index (χ2v) is 3.55. The van der Waals surface area contributed by atoms with Crippen LogP contribution in [0.25, 0.3) is 0 Å². The van der Waals surface area contributed by atoms with Crippen LogP contribution in [0.2, 0.25) is 0 Å². The van der Waals surface area contributed by atoms with E-state index in [0.717, 1.165) is 0 Å². The lowest BCUT2D eigenvalue weighted by Crippen LogP contribution is -2.40. The van der Waals surface area contributed by atoms with E-state index in [4.69, 9.17) is 14.7 Å². The second-order valence-electron chi connectivity index (χ2n) is 3.55. The maximum atomic E-state index is 11.8. The van der Waals surface area contributed by atoms with Gasteiger partial charge in [-0.3, -0.25) is 14.9 Å². The van der Waals surface area contributed by atoms with Crippen molar-refractivity contribution in [3.63, 3.8) is 0 Å². The third-order valence-electron chi connectivity index (χ3n) is 2.49. The Bertz CT molecular complexity index is 422. The molecule has 1 amide bonds. The van der Waals surface area contributed by atoms with Crippen molar-refractivity contribution in [3.05, 3.63) is 11.5 Å². The van der Waals surface area contributed by atoms with E-state index < -0.39 is 17.3 Å². The maximum absolute atomic E-state index is 11.8. The minimum Gasteiger partial charge on any atom is -0.478 e. The van der Waals surface area contributed by atoms with Gasteiger partial charge in [0.25, 0.3) is 0 Å². The Morgan fingerprint density at radius 3 is 2.59 bits per heavy atom. The molecule has 6 nitrogen and oxygen atoms in total. The van der Waals surface area contributed by atoms with Crippen LogP contribution in [0.1, 0.15) is 20.8 Å². The number of carbonyl (C=O) groups excluding carboxylic acids is 2. The molecule has 92 valence electrons. The fourth-order valence-corrected chi connectivity index (χ4v) is 1.52. The highest BCUT2D eigenvalue weighted by Gasteiger charge is 2.53. The molecule has 0 bridgehead atoms. The first-order chi connectivity index (χ1) is 8.02. The molecule has 0 aromatic carbocycles. The highest BCUT2D eigenvalue weighted by molar-refractivity contribution is 6.09. The van der Waals surface area contributed by atoms with Crippen LogP contribution in [0.3, 0.4) is 0 Å². The number of ether oxygens (including phenoxy) is 2. The summed E-state index contributed by atoms with van der Waals surface area (Å²) in [4.78, 5) is 23.6. The van der Waals surface area contributed by atoms with Gasteiger partial charge in [0.1, 0.15) is 11.6 Å². The summed E-state index contributed by atoms with van der Waals surface area (Å²) in [5, 5.41) is 11.4. The summed E-state index contributed by atoms with van der Waals surface area (Å²) in [6, 6.07) is 1.83. The van der Waals surface area contributed by atoms with Crippen molar-refractivity contribution in [2.75, 3.05) is 13.2 Å². The molecular formula is C11H14N2O4. The first-order valence-corrected chi connectivity index (χ1v) is 5.28. The van der Waals surface area contributed by atoms with Gasteiger partial charge in [0, 0.05) is 0 Å². The van der Waals surface area contributed by atoms with E-state index >= 15 is 0 Å². The van der Waals surface area contributed by atoms with E-state index in [0.29, 0.717) is 6.61 Å². The molecule has 0 fully saturated rings. The third kappa shape index (κ3) is 1.96. The van der Waals surface area contributed by atoms with Crippen LogP contribution in [0.4, 0.5) is 0 Å². The summed E-state index contributed by atoms with van der Waals surface area (Å²) < 4.78 is 9.94. The normalized spacial score (nSPS) is 23.1. The van der Waals surface area contributed by atoms with Crippen molar-refractivity contribution in [3.8, 4) is 6.07 Å². The molecule has 0 spiro atoms. The van der Waals surface area contributed by atoms with Gasteiger partial charge in [0.15, 0.2) is 5.41 Å². The number of esters is 1. The average molecular weight is 238 g/mol. The molecule has 0 aliphatic carbocycles. The van der Waals surface area contributed by atoms with E-state index in [-0.39, 0.29) is 18.1 Å². The summed E-state index contributed by atoms with van der Waals surface area (Å²) in [5.41, 5.74) is -1.65. The van der Waals surface area contributed by atoms with E-state index in [9.17, 15) is 9.59 Å². The number of amides is 1. The van der Waals surface area contributed by atoms with E-state index in [1.165, 1.54) is 6.92 Å². The Morgan fingerprint density at radius 2 is 2.12 bits per heavy atom. The molecular weight excluding hydrogens is 224 g/mol. The van der Waals surface area contributed by atoms with Crippen LogP contribution in [0.5, 0.6) is 0 Å². The van der Waals surface area contributed by atoms with E-state index in [1.54, 1.807) is 13.8 Å². The monoisotopic (exact) mass is 238 g/mol. The first-order valence-electron chi connectivity index (χ1n) is 5.28. The molecule has 1 unspecified atom stereocenters. The van der Waals surface area contributed by atoms with Crippen LogP contribution in [0, 0.1) is 16.7 Å². The predicted molar refractivity (Wildman–Crippen MR) is 57.1 cm³/mol. The second kappa shape index (κ2) is 4.87. The Kier molecular flexibility index (Phi) is 3.73. The fourth-order valence-electron chi connectivity index (χ4n) is 1.52. The van der Waals surface area contributed by atoms with Crippen LogP contribution in [0.15, 0.2) is 11.5 Å². The lowest BCUT2D eigenvalue weighted by atomic mass is 9.84. The van der Waals surface area contributed by atoms with Gasteiger partial charge < -0.3 is 9.47 Å². The highest BCUT2D eigenvalue weighted by atomic mass is 16.5. The molecule has 0 aromatic heterocycles. The zero-order valence-electron chi connectivity index (χ0n) is 9.99. The predicted octanol–water partition coefficient (Wildman–Crippen LogP) is 0.457.